The second-order valence-corrected chi connectivity index (χ2v) is 13.4. The molecule has 0 unspecified atom stereocenters. The minimum absolute atomic E-state index is 0.228. The quantitative estimate of drug-likeness (QED) is 0.215. The Morgan fingerprint density at radius 1 is 0.929 bits per heavy atom. The van der Waals surface area contributed by atoms with Crippen LogP contribution in [0.1, 0.15) is 75.4 Å². The predicted octanol–water partition coefficient (Wildman–Crippen LogP) is 7.45. The van der Waals surface area contributed by atoms with Crippen molar-refractivity contribution in [2.24, 2.45) is 0 Å². The van der Waals surface area contributed by atoms with E-state index in [2.05, 4.69) is 15.9 Å². The number of halogens is 1. The molecule has 0 saturated carbocycles. The number of carbonyl (C=O) groups excluding carboxylic acids is 3. The van der Waals surface area contributed by atoms with E-state index >= 15 is 0 Å². The number of methoxy groups -OCH3 is 1. The van der Waals surface area contributed by atoms with E-state index in [0.717, 1.165) is 21.0 Å². The molecule has 0 aliphatic carbocycles. The average molecular weight is 644 g/mol. The van der Waals surface area contributed by atoms with Crippen LogP contribution in [0.15, 0.2) is 47.1 Å². The average Bonchev–Trinajstić information content (AvgIpc) is 3.35. The summed E-state index contributed by atoms with van der Waals surface area (Å²) in [7, 11) is 1.34. The first-order valence-electron chi connectivity index (χ1n) is 13.9. The zero-order valence-electron chi connectivity index (χ0n) is 25.4. The Bertz CT molecular complexity index is 1480. The summed E-state index contributed by atoms with van der Waals surface area (Å²) < 4.78 is 25.2. The van der Waals surface area contributed by atoms with Gasteiger partial charge in [0, 0.05) is 37.0 Å². The molecule has 0 bridgehead atoms. The second-order valence-electron chi connectivity index (χ2n) is 12.5. The number of esters is 1. The van der Waals surface area contributed by atoms with Gasteiger partial charge in [-0.15, -0.1) is 0 Å². The highest BCUT2D eigenvalue weighted by Gasteiger charge is 2.37. The highest BCUT2D eigenvalue weighted by atomic mass is 79.9. The van der Waals surface area contributed by atoms with Crippen molar-refractivity contribution in [3.63, 3.8) is 0 Å². The van der Waals surface area contributed by atoms with E-state index < -0.39 is 23.3 Å². The molecule has 9 nitrogen and oxygen atoms in total. The summed E-state index contributed by atoms with van der Waals surface area (Å²) in [5.41, 5.74) is 1.66. The summed E-state index contributed by atoms with van der Waals surface area (Å²) in [6, 6.07) is 10.9. The number of hydrogen-bond acceptors (Lipinski definition) is 7. The number of fused-ring (bicyclic) bond motifs is 1. The summed E-state index contributed by atoms with van der Waals surface area (Å²) in [6.07, 6.45) is 1.06. The largest absolute Gasteiger partial charge is 0.488 e. The molecule has 1 aliphatic rings. The molecule has 0 radical (unpaired) electrons. The first kappa shape index (κ1) is 31.4. The maximum Gasteiger partial charge on any atom is 0.419 e. The Kier molecular flexibility index (Phi) is 8.97. The standard InChI is InChI=1S/C32H39BrN2O7/c1-19-17-24(33)27(22-13-16-35(26(19)22)30(38)42-32(5,6)7)40-25-14-15-34(29(37)41-31(2,3)4)18-23(25)20-9-11-21(12-10-20)28(36)39-8/h9-13,16-17,23,25H,14-15,18H2,1-8H3/t23-,25+/m0/s1. The molecule has 1 saturated heterocycles. The topological polar surface area (TPSA) is 96.3 Å². The Morgan fingerprint density at radius 2 is 1.55 bits per heavy atom. The SMILES string of the molecule is COC(=O)c1ccc([C@@H]2CN(C(=O)OC(C)(C)C)CC[C@H]2Oc2c(Br)cc(C)c3c2ccn3C(=O)OC(C)(C)C)cc1. The fourth-order valence-electron chi connectivity index (χ4n) is 5.07. The first-order chi connectivity index (χ1) is 19.6. The monoisotopic (exact) mass is 642 g/mol. The molecule has 1 aromatic heterocycles. The van der Waals surface area contributed by atoms with Crippen molar-refractivity contribution in [1.82, 2.24) is 9.47 Å². The summed E-state index contributed by atoms with van der Waals surface area (Å²) in [5, 5.41) is 0.766. The van der Waals surface area contributed by atoms with Crippen LogP contribution in [0.5, 0.6) is 5.75 Å². The van der Waals surface area contributed by atoms with Gasteiger partial charge in [0.2, 0.25) is 0 Å². The van der Waals surface area contributed by atoms with Gasteiger partial charge in [-0.1, -0.05) is 12.1 Å². The molecule has 1 amide bonds. The van der Waals surface area contributed by atoms with Gasteiger partial charge in [-0.25, -0.2) is 14.4 Å². The van der Waals surface area contributed by atoms with Gasteiger partial charge in [-0.05, 0) is 99.8 Å². The third-order valence-corrected chi connectivity index (χ3v) is 7.47. The van der Waals surface area contributed by atoms with Crippen LogP contribution in [0.2, 0.25) is 0 Å². The van der Waals surface area contributed by atoms with Crippen molar-refractivity contribution in [2.75, 3.05) is 20.2 Å². The molecule has 2 heterocycles. The summed E-state index contributed by atoms with van der Waals surface area (Å²) >= 11 is 3.68. The second kappa shape index (κ2) is 12.0. The molecule has 1 aliphatic heterocycles. The van der Waals surface area contributed by atoms with Crippen LogP contribution >= 0.6 is 15.9 Å². The maximum absolute atomic E-state index is 13.0. The maximum atomic E-state index is 13.0. The molecule has 2 aromatic carbocycles. The van der Waals surface area contributed by atoms with E-state index in [1.54, 1.807) is 23.2 Å². The number of ether oxygens (including phenoxy) is 4. The highest BCUT2D eigenvalue weighted by molar-refractivity contribution is 9.10. The van der Waals surface area contributed by atoms with Crippen molar-refractivity contribution >= 4 is 45.0 Å². The van der Waals surface area contributed by atoms with Crippen molar-refractivity contribution in [3.05, 3.63) is 63.8 Å². The van der Waals surface area contributed by atoms with Gasteiger partial charge >= 0.3 is 18.2 Å². The molecular weight excluding hydrogens is 604 g/mol. The van der Waals surface area contributed by atoms with Gasteiger partial charge in [0.05, 0.1) is 22.7 Å². The van der Waals surface area contributed by atoms with Crippen LogP contribution in [-0.2, 0) is 14.2 Å². The van der Waals surface area contributed by atoms with Crippen LogP contribution in [0.3, 0.4) is 0 Å². The van der Waals surface area contributed by atoms with Crippen molar-refractivity contribution in [2.45, 2.75) is 78.1 Å². The van der Waals surface area contributed by atoms with Crippen molar-refractivity contribution < 1.29 is 33.3 Å². The molecule has 3 aromatic rings. The summed E-state index contributed by atoms with van der Waals surface area (Å²) in [5.74, 6) is -0.0483. The number of amides is 1. The van der Waals surface area contributed by atoms with Gasteiger partial charge in [0.25, 0.3) is 0 Å². The van der Waals surface area contributed by atoms with Crippen LogP contribution in [-0.4, -0.2) is 65.1 Å². The van der Waals surface area contributed by atoms with Gasteiger partial charge in [-0.3, -0.25) is 4.57 Å². The number of aryl methyl sites for hydroxylation is 1. The van der Waals surface area contributed by atoms with E-state index in [0.29, 0.717) is 36.3 Å². The third kappa shape index (κ3) is 7.09. The lowest BCUT2D eigenvalue weighted by Gasteiger charge is -2.39. The van der Waals surface area contributed by atoms with Gasteiger partial charge in [0.1, 0.15) is 23.1 Å². The fraction of sp³-hybridized carbons (Fsp3) is 0.469. The smallest absolute Gasteiger partial charge is 0.419 e. The Morgan fingerprint density at radius 3 is 2.14 bits per heavy atom. The van der Waals surface area contributed by atoms with Crippen molar-refractivity contribution in [3.8, 4) is 5.75 Å². The first-order valence-corrected chi connectivity index (χ1v) is 14.7. The number of rotatable bonds is 4. The number of aromatic nitrogens is 1. The summed E-state index contributed by atoms with van der Waals surface area (Å²) in [6.45, 7) is 13.8. The van der Waals surface area contributed by atoms with Gasteiger partial charge in [0.15, 0.2) is 0 Å². The number of benzene rings is 2. The van der Waals surface area contributed by atoms with E-state index in [-0.39, 0.29) is 18.1 Å². The summed E-state index contributed by atoms with van der Waals surface area (Å²) in [4.78, 5) is 39.8. The zero-order valence-corrected chi connectivity index (χ0v) is 27.0. The molecule has 0 spiro atoms. The Balaban J connectivity index is 1.70. The van der Waals surface area contributed by atoms with Crippen LogP contribution < -0.4 is 4.74 Å². The molecule has 4 rings (SSSR count). The molecule has 226 valence electrons. The van der Waals surface area contributed by atoms with E-state index in [1.165, 1.54) is 11.7 Å². The molecule has 2 atom stereocenters. The lowest BCUT2D eigenvalue weighted by Crippen LogP contribution is -2.48. The van der Waals surface area contributed by atoms with Gasteiger partial charge in [-0.2, -0.15) is 0 Å². The Labute approximate surface area is 255 Å². The third-order valence-electron chi connectivity index (χ3n) is 6.89. The minimum atomic E-state index is -0.644. The number of piperidine rings is 1. The lowest BCUT2D eigenvalue weighted by molar-refractivity contribution is 0.00776. The van der Waals surface area contributed by atoms with E-state index in [9.17, 15) is 14.4 Å². The van der Waals surface area contributed by atoms with Crippen LogP contribution in [0, 0.1) is 6.92 Å². The lowest BCUT2D eigenvalue weighted by atomic mass is 9.87. The normalized spacial score (nSPS) is 17.6. The number of nitrogens with zero attached hydrogens (tertiary/aromatic N) is 2. The minimum Gasteiger partial charge on any atom is -0.488 e. The van der Waals surface area contributed by atoms with Crippen molar-refractivity contribution in [1.29, 1.82) is 0 Å². The zero-order chi connectivity index (χ0) is 31.0. The van der Waals surface area contributed by atoms with Crippen LogP contribution in [0.25, 0.3) is 10.9 Å². The molecule has 1 fully saturated rings. The predicted molar refractivity (Wildman–Crippen MR) is 163 cm³/mol. The molecule has 0 N–H and O–H groups in total. The Hall–Kier alpha value is -3.53. The van der Waals surface area contributed by atoms with Crippen LogP contribution in [0.4, 0.5) is 9.59 Å². The number of hydrogen-bond donors (Lipinski definition) is 0. The molecule has 10 heteroatoms. The van der Waals surface area contributed by atoms with E-state index in [4.69, 9.17) is 18.9 Å². The van der Waals surface area contributed by atoms with Gasteiger partial charge < -0.3 is 23.8 Å². The number of carbonyl (C=O) groups is 3. The molecular formula is C32H39BrN2O7. The van der Waals surface area contributed by atoms with E-state index in [1.807, 2.05) is 72.7 Å². The molecule has 42 heavy (non-hydrogen) atoms. The highest BCUT2D eigenvalue weighted by Crippen LogP contribution is 2.40. The fourth-order valence-corrected chi connectivity index (χ4v) is 5.72. The number of likely N-dealkylation sites (tertiary alicyclic amines) is 1.